The van der Waals surface area contributed by atoms with Crippen LogP contribution in [0.15, 0.2) is 42.5 Å². The van der Waals surface area contributed by atoms with Crippen molar-refractivity contribution in [1.29, 1.82) is 0 Å². The third-order valence-electron chi connectivity index (χ3n) is 3.21. The first kappa shape index (κ1) is 17.9. The van der Waals surface area contributed by atoms with Gasteiger partial charge in [-0.3, -0.25) is 4.79 Å². The van der Waals surface area contributed by atoms with Crippen molar-refractivity contribution in [1.82, 2.24) is 0 Å². The van der Waals surface area contributed by atoms with E-state index in [0.717, 1.165) is 6.07 Å². The Morgan fingerprint density at radius 2 is 1.92 bits per heavy atom. The SMILES string of the molecule is C[C@@H](OC(=O)c1ccc(CO)cc1)C(=O)Nc1ccc(Cl)cc1F. The van der Waals surface area contributed by atoms with Gasteiger partial charge >= 0.3 is 5.97 Å². The number of halogens is 2. The number of amides is 1. The van der Waals surface area contributed by atoms with Crippen molar-refractivity contribution in [2.75, 3.05) is 5.32 Å². The molecule has 0 saturated carbocycles. The van der Waals surface area contributed by atoms with Gasteiger partial charge in [0.15, 0.2) is 6.10 Å². The van der Waals surface area contributed by atoms with Crippen molar-refractivity contribution in [2.45, 2.75) is 19.6 Å². The third-order valence-corrected chi connectivity index (χ3v) is 3.45. The number of ether oxygens (including phenoxy) is 1. The highest BCUT2D eigenvalue weighted by Gasteiger charge is 2.20. The summed E-state index contributed by atoms with van der Waals surface area (Å²) in [7, 11) is 0. The molecule has 2 rings (SSSR count). The van der Waals surface area contributed by atoms with Gasteiger partial charge in [-0.25, -0.2) is 9.18 Å². The number of carbonyl (C=O) groups excluding carboxylic acids is 2. The van der Waals surface area contributed by atoms with Crippen molar-refractivity contribution < 1.29 is 23.8 Å². The zero-order chi connectivity index (χ0) is 17.7. The first-order chi connectivity index (χ1) is 11.4. The number of nitrogens with one attached hydrogen (secondary N) is 1. The van der Waals surface area contributed by atoms with Crippen LogP contribution in [-0.4, -0.2) is 23.1 Å². The van der Waals surface area contributed by atoms with Gasteiger partial charge in [0.05, 0.1) is 17.9 Å². The molecule has 2 N–H and O–H groups in total. The lowest BCUT2D eigenvalue weighted by molar-refractivity contribution is -0.123. The second kappa shape index (κ2) is 7.90. The number of benzene rings is 2. The quantitative estimate of drug-likeness (QED) is 0.811. The minimum Gasteiger partial charge on any atom is -0.449 e. The number of rotatable bonds is 5. The Morgan fingerprint density at radius 1 is 1.25 bits per heavy atom. The molecule has 7 heteroatoms. The summed E-state index contributed by atoms with van der Waals surface area (Å²) in [5, 5.41) is 11.5. The van der Waals surface area contributed by atoms with E-state index >= 15 is 0 Å². The van der Waals surface area contributed by atoms with Gasteiger partial charge in [0.2, 0.25) is 0 Å². The van der Waals surface area contributed by atoms with Crippen LogP contribution in [0.2, 0.25) is 5.02 Å². The summed E-state index contributed by atoms with van der Waals surface area (Å²) in [4.78, 5) is 24.0. The van der Waals surface area contributed by atoms with E-state index in [-0.39, 0.29) is 22.9 Å². The molecule has 0 saturated heterocycles. The second-order valence-corrected chi connectivity index (χ2v) is 5.45. The van der Waals surface area contributed by atoms with Gasteiger partial charge in [0.1, 0.15) is 5.82 Å². The van der Waals surface area contributed by atoms with Crippen LogP contribution in [0.4, 0.5) is 10.1 Å². The molecule has 0 aliphatic heterocycles. The van der Waals surface area contributed by atoms with E-state index in [1.165, 1.54) is 31.2 Å². The number of aliphatic hydroxyl groups is 1. The molecular weight excluding hydrogens is 337 g/mol. The number of anilines is 1. The van der Waals surface area contributed by atoms with E-state index in [0.29, 0.717) is 5.56 Å². The van der Waals surface area contributed by atoms with Crippen LogP contribution in [0.1, 0.15) is 22.8 Å². The lowest BCUT2D eigenvalue weighted by Crippen LogP contribution is -2.30. The lowest BCUT2D eigenvalue weighted by Gasteiger charge is -2.14. The zero-order valence-electron chi connectivity index (χ0n) is 12.8. The summed E-state index contributed by atoms with van der Waals surface area (Å²) in [6, 6.07) is 9.93. The second-order valence-electron chi connectivity index (χ2n) is 5.02. The minimum absolute atomic E-state index is 0.0559. The Hall–Kier alpha value is -2.44. The largest absolute Gasteiger partial charge is 0.449 e. The molecule has 0 unspecified atom stereocenters. The molecule has 1 atom stereocenters. The fourth-order valence-electron chi connectivity index (χ4n) is 1.85. The average Bonchev–Trinajstić information content (AvgIpc) is 2.57. The summed E-state index contributed by atoms with van der Waals surface area (Å²) in [5.74, 6) is -2.05. The van der Waals surface area contributed by atoms with Gasteiger partial charge in [-0.15, -0.1) is 0 Å². The van der Waals surface area contributed by atoms with Crippen LogP contribution in [0.3, 0.4) is 0 Å². The number of aliphatic hydroxyl groups excluding tert-OH is 1. The minimum atomic E-state index is -1.12. The van der Waals surface area contributed by atoms with Gasteiger partial charge < -0.3 is 15.2 Å². The number of hydrogen-bond acceptors (Lipinski definition) is 4. The fourth-order valence-corrected chi connectivity index (χ4v) is 2.01. The molecule has 0 radical (unpaired) electrons. The number of hydrogen-bond donors (Lipinski definition) is 2. The number of carbonyl (C=O) groups is 2. The topological polar surface area (TPSA) is 75.6 Å². The Kier molecular flexibility index (Phi) is 5.89. The van der Waals surface area contributed by atoms with Gasteiger partial charge in [-0.2, -0.15) is 0 Å². The number of esters is 1. The van der Waals surface area contributed by atoms with Crippen LogP contribution in [-0.2, 0) is 16.1 Å². The molecule has 2 aromatic rings. The van der Waals surface area contributed by atoms with Crippen molar-refractivity contribution in [3.05, 3.63) is 64.4 Å². The molecule has 0 bridgehead atoms. The lowest BCUT2D eigenvalue weighted by atomic mass is 10.1. The highest BCUT2D eigenvalue weighted by molar-refractivity contribution is 6.30. The highest BCUT2D eigenvalue weighted by Crippen LogP contribution is 2.19. The van der Waals surface area contributed by atoms with E-state index in [1.807, 2.05) is 0 Å². The van der Waals surface area contributed by atoms with Crippen molar-refractivity contribution in [3.63, 3.8) is 0 Å². The molecule has 2 aromatic carbocycles. The zero-order valence-corrected chi connectivity index (χ0v) is 13.5. The van der Waals surface area contributed by atoms with Crippen molar-refractivity contribution in [3.8, 4) is 0 Å². The van der Waals surface area contributed by atoms with Crippen LogP contribution >= 0.6 is 11.6 Å². The monoisotopic (exact) mass is 351 g/mol. The molecule has 126 valence electrons. The maximum atomic E-state index is 13.6. The van der Waals surface area contributed by atoms with Crippen molar-refractivity contribution >= 4 is 29.2 Å². The summed E-state index contributed by atoms with van der Waals surface area (Å²) in [6.45, 7) is 1.24. The standard InChI is InChI=1S/C17H15ClFNO4/c1-10(16(22)20-15-7-6-13(18)8-14(15)19)24-17(23)12-4-2-11(9-21)3-5-12/h2-8,10,21H,9H2,1H3,(H,20,22)/t10-/m1/s1. The van der Waals surface area contributed by atoms with Gasteiger partial charge in [0.25, 0.3) is 5.91 Å². The summed E-state index contributed by atoms with van der Waals surface area (Å²) in [5.41, 5.74) is 0.833. The summed E-state index contributed by atoms with van der Waals surface area (Å²) >= 11 is 5.64. The molecule has 0 aliphatic carbocycles. The van der Waals surface area contributed by atoms with E-state index in [4.69, 9.17) is 21.4 Å². The summed E-state index contributed by atoms with van der Waals surface area (Å²) in [6.07, 6.45) is -1.12. The van der Waals surface area contributed by atoms with Gasteiger partial charge in [-0.1, -0.05) is 23.7 Å². The Balaban J connectivity index is 1.98. The predicted octanol–water partition coefficient (Wildman–Crippen LogP) is 3.16. The first-order valence-corrected chi connectivity index (χ1v) is 7.45. The average molecular weight is 352 g/mol. The molecular formula is C17H15ClFNO4. The Labute approximate surface area is 143 Å². The van der Waals surface area contributed by atoms with E-state index in [9.17, 15) is 14.0 Å². The molecule has 24 heavy (non-hydrogen) atoms. The van der Waals surface area contributed by atoms with Gasteiger partial charge in [0, 0.05) is 5.02 Å². The molecule has 0 aliphatic rings. The van der Waals surface area contributed by atoms with Gasteiger partial charge in [-0.05, 0) is 42.8 Å². The predicted molar refractivity (Wildman–Crippen MR) is 87.3 cm³/mol. The highest BCUT2D eigenvalue weighted by atomic mass is 35.5. The maximum Gasteiger partial charge on any atom is 0.338 e. The normalized spacial score (nSPS) is 11.7. The van der Waals surface area contributed by atoms with Crippen LogP contribution in [0.5, 0.6) is 0 Å². The molecule has 0 fully saturated rings. The van der Waals surface area contributed by atoms with E-state index in [1.54, 1.807) is 12.1 Å². The van der Waals surface area contributed by atoms with Crippen LogP contribution < -0.4 is 5.32 Å². The molecule has 5 nitrogen and oxygen atoms in total. The third kappa shape index (κ3) is 4.53. The van der Waals surface area contributed by atoms with Crippen LogP contribution in [0, 0.1) is 5.82 Å². The maximum absolute atomic E-state index is 13.6. The summed E-state index contributed by atoms with van der Waals surface area (Å²) < 4.78 is 18.7. The first-order valence-electron chi connectivity index (χ1n) is 7.07. The smallest absolute Gasteiger partial charge is 0.338 e. The molecule has 0 heterocycles. The van der Waals surface area contributed by atoms with Crippen molar-refractivity contribution in [2.24, 2.45) is 0 Å². The molecule has 0 spiro atoms. The fraction of sp³-hybridized carbons (Fsp3) is 0.176. The molecule has 0 aromatic heterocycles. The Bertz CT molecular complexity index is 749. The van der Waals surface area contributed by atoms with E-state index < -0.39 is 23.8 Å². The molecule has 1 amide bonds. The van der Waals surface area contributed by atoms with E-state index in [2.05, 4.69) is 5.32 Å². The van der Waals surface area contributed by atoms with Crippen LogP contribution in [0.25, 0.3) is 0 Å². The Morgan fingerprint density at radius 3 is 2.50 bits per heavy atom.